The third-order valence-corrected chi connectivity index (χ3v) is 4.99. The molecule has 1 aliphatic rings. The van der Waals surface area contributed by atoms with E-state index in [0.29, 0.717) is 18.7 Å². The number of aromatic nitrogens is 3. The number of nitrogens with zero attached hydrogens (tertiary/aromatic N) is 4. The lowest BCUT2D eigenvalue weighted by Gasteiger charge is -2.29. The summed E-state index contributed by atoms with van der Waals surface area (Å²) in [4.78, 5) is 27.4. The van der Waals surface area contributed by atoms with Crippen molar-refractivity contribution >= 4 is 11.7 Å². The van der Waals surface area contributed by atoms with E-state index in [1.54, 1.807) is 37.1 Å². The van der Waals surface area contributed by atoms with Gasteiger partial charge in [0.05, 0.1) is 24.1 Å². The minimum absolute atomic E-state index is 0.0151. The fraction of sp³-hybridized carbons (Fsp3) is 0.333. The van der Waals surface area contributed by atoms with Gasteiger partial charge < -0.3 is 14.6 Å². The Morgan fingerprint density at radius 1 is 1.32 bits per heavy atom. The molecule has 144 valence electrons. The molecular formula is C21H23N5O2. The summed E-state index contributed by atoms with van der Waals surface area (Å²) in [6.45, 7) is 3.27. The highest BCUT2D eigenvalue weighted by molar-refractivity contribution is 5.94. The SMILES string of the molecule is C[C@@H](CCc1ccco1)Nc1ncnc2c1CCN(C(=O)c1cccnc1)C2. The van der Waals surface area contributed by atoms with Crippen molar-refractivity contribution in [2.75, 3.05) is 11.9 Å². The van der Waals surface area contributed by atoms with E-state index in [4.69, 9.17) is 4.42 Å². The zero-order valence-corrected chi connectivity index (χ0v) is 15.8. The van der Waals surface area contributed by atoms with Crippen LogP contribution in [0.5, 0.6) is 0 Å². The predicted molar refractivity (Wildman–Crippen MR) is 105 cm³/mol. The standard InChI is InChI=1S/C21H23N5O2/c1-15(6-7-17-5-3-11-28-17)25-20-18-8-10-26(13-19(18)23-14-24-20)21(27)16-4-2-9-22-12-16/h2-5,9,11-12,14-15H,6-8,10,13H2,1H3,(H,23,24,25)/t15-/m0/s1. The normalized spacial score (nSPS) is 14.4. The van der Waals surface area contributed by atoms with Gasteiger partial charge in [-0.05, 0) is 44.0 Å². The Kier molecular flexibility index (Phi) is 5.32. The zero-order chi connectivity index (χ0) is 19.3. The molecule has 0 spiro atoms. The lowest BCUT2D eigenvalue weighted by atomic mass is 10.0. The molecule has 7 nitrogen and oxygen atoms in total. The number of carbonyl (C=O) groups excluding carboxylic acids is 1. The van der Waals surface area contributed by atoms with Gasteiger partial charge in [0.1, 0.15) is 17.9 Å². The van der Waals surface area contributed by atoms with Gasteiger partial charge in [0.2, 0.25) is 0 Å². The Labute approximate surface area is 163 Å². The van der Waals surface area contributed by atoms with E-state index in [-0.39, 0.29) is 11.9 Å². The van der Waals surface area contributed by atoms with E-state index in [1.807, 2.05) is 17.0 Å². The lowest BCUT2D eigenvalue weighted by molar-refractivity contribution is 0.0731. The lowest BCUT2D eigenvalue weighted by Crippen LogP contribution is -2.37. The fourth-order valence-corrected chi connectivity index (χ4v) is 3.44. The Balaban J connectivity index is 1.42. The molecule has 4 rings (SSSR count). The summed E-state index contributed by atoms with van der Waals surface area (Å²) >= 11 is 0. The van der Waals surface area contributed by atoms with Gasteiger partial charge in [-0.2, -0.15) is 0 Å². The number of carbonyl (C=O) groups is 1. The molecule has 28 heavy (non-hydrogen) atoms. The largest absolute Gasteiger partial charge is 0.469 e. The van der Waals surface area contributed by atoms with Crippen molar-refractivity contribution in [3.63, 3.8) is 0 Å². The molecule has 3 aromatic heterocycles. The van der Waals surface area contributed by atoms with Crippen LogP contribution in [0.2, 0.25) is 0 Å². The quantitative estimate of drug-likeness (QED) is 0.711. The van der Waals surface area contributed by atoms with Gasteiger partial charge in [-0.1, -0.05) is 0 Å². The Morgan fingerprint density at radius 3 is 3.04 bits per heavy atom. The summed E-state index contributed by atoms with van der Waals surface area (Å²) in [7, 11) is 0. The Hall–Kier alpha value is -3.22. The average Bonchev–Trinajstić information content (AvgIpc) is 3.26. The molecule has 0 aromatic carbocycles. The van der Waals surface area contributed by atoms with Crippen molar-refractivity contribution in [3.8, 4) is 0 Å². The minimum Gasteiger partial charge on any atom is -0.469 e. The number of hydrogen-bond acceptors (Lipinski definition) is 6. The fourth-order valence-electron chi connectivity index (χ4n) is 3.44. The van der Waals surface area contributed by atoms with E-state index in [1.165, 1.54) is 0 Å². The molecule has 1 N–H and O–H groups in total. The van der Waals surface area contributed by atoms with Crippen molar-refractivity contribution in [1.29, 1.82) is 0 Å². The molecule has 1 amide bonds. The molecule has 0 saturated carbocycles. The molecule has 0 bridgehead atoms. The number of anilines is 1. The average molecular weight is 377 g/mol. The molecular weight excluding hydrogens is 354 g/mol. The van der Waals surface area contributed by atoms with E-state index in [9.17, 15) is 4.79 Å². The summed E-state index contributed by atoms with van der Waals surface area (Å²) < 4.78 is 5.40. The number of fused-ring (bicyclic) bond motifs is 1. The van der Waals surface area contributed by atoms with Crippen molar-refractivity contribution < 1.29 is 9.21 Å². The van der Waals surface area contributed by atoms with E-state index >= 15 is 0 Å². The number of hydrogen-bond donors (Lipinski definition) is 1. The molecule has 0 radical (unpaired) electrons. The van der Waals surface area contributed by atoms with Crippen LogP contribution < -0.4 is 5.32 Å². The third kappa shape index (κ3) is 4.03. The highest BCUT2D eigenvalue weighted by Gasteiger charge is 2.25. The first-order valence-electron chi connectivity index (χ1n) is 9.51. The monoisotopic (exact) mass is 377 g/mol. The predicted octanol–water partition coefficient (Wildman–Crippen LogP) is 3.10. The summed E-state index contributed by atoms with van der Waals surface area (Å²) in [6.07, 6.45) is 9.09. The second-order valence-electron chi connectivity index (χ2n) is 7.03. The van der Waals surface area contributed by atoms with Crippen LogP contribution in [0.25, 0.3) is 0 Å². The van der Waals surface area contributed by atoms with E-state index in [0.717, 1.165) is 42.1 Å². The van der Waals surface area contributed by atoms with Crippen LogP contribution >= 0.6 is 0 Å². The molecule has 0 saturated heterocycles. The molecule has 3 aromatic rings. The van der Waals surface area contributed by atoms with Gasteiger partial charge in [-0.25, -0.2) is 9.97 Å². The maximum Gasteiger partial charge on any atom is 0.255 e. The number of aryl methyl sites for hydroxylation is 1. The third-order valence-electron chi connectivity index (χ3n) is 4.99. The maximum atomic E-state index is 12.7. The molecule has 1 aliphatic heterocycles. The number of amides is 1. The van der Waals surface area contributed by atoms with E-state index in [2.05, 4.69) is 27.2 Å². The maximum absolute atomic E-state index is 12.7. The summed E-state index contributed by atoms with van der Waals surface area (Å²) in [5.74, 6) is 1.84. The van der Waals surface area contributed by atoms with Crippen LogP contribution in [0.4, 0.5) is 5.82 Å². The highest BCUT2D eigenvalue weighted by Crippen LogP contribution is 2.24. The van der Waals surface area contributed by atoms with Gasteiger partial charge >= 0.3 is 0 Å². The van der Waals surface area contributed by atoms with Crippen molar-refractivity contribution in [2.24, 2.45) is 0 Å². The van der Waals surface area contributed by atoms with Gasteiger partial charge in [0.25, 0.3) is 5.91 Å². The first kappa shape index (κ1) is 18.2. The van der Waals surface area contributed by atoms with E-state index < -0.39 is 0 Å². The molecule has 0 unspecified atom stereocenters. The smallest absolute Gasteiger partial charge is 0.255 e. The molecule has 1 atom stereocenters. The van der Waals surface area contributed by atoms with Crippen LogP contribution in [0.1, 0.15) is 40.7 Å². The Bertz CT molecular complexity index is 927. The van der Waals surface area contributed by atoms with Crippen molar-refractivity contribution in [2.45, 2.75) is 38.8 Å². The molecule has 4 heterocycles. The van der Waals surface area contributed by atoms with Crippen LogP contribution in [0.15, 0.2) is 53.7 Å². The molecule has 0 aliphatic carbocycles. The van der Waals surface area contributed by atoms with Gasteiger partial charge in [-0.15, -0.1) is 0 Å². The summed E-state index contributed by atoms with van der Waals surface area (Å²) in [5, 5.41) is 3.50. The molecule has 0 fully saturated rings. The van der Waals surface area contributed by atoms with Gasteiger partial charge in [0.15, 0.2) is 0 Å². The second kappa shape index (κ2) is 8.21. The first-order chi connectivity index (χ1) is 13.7. The summed E-state index contributed by atoms with van der Waals surface area (Å²) in [6, 6.07) is 7.72. The number of furan rings is 1. The number of rotatable bonds is 6. The van der Waals surface area contributed by atoms with Crippen LogP contribution in [0, 0.1) is 0 Å². The second-order valence-corrected chi connectivity index (χ2v) is 7.03. The summed E-state index contributed by atoms with van der Waals surface area (Å²) in [5.41, 5.74) is 2.60. The van der Waals surface area contributed by atoms with Gasteiger partial charge in [-0.3, -0.25) is 9.78 Å². The number of nitrogens with one attached hydrogen (secondary N) is 1. The van der Waals surface area contributed by atoms with Crippen LogP contribution in [0.3, 0.4) is 0 Å². The minimum atomic E-state index is -0.0151. The van der Waals surface area contributed by atoms with Crippen molar-refractivity contribution in [3.05, 3.63) is 71.8 Å². The van der Waals surface area contributed by atoms with Crippen molar-refractivity contribution in [1.82, 2.24) is 19.9 Å². The number of pyridine rings is 1. The molecule has 7 heteroatoms. The van der Waals surface area contributed by atoms with Crippen LogP contribution in [-0.4, -0.2) is 38.3 Å². The highest BCUT2D eigenvalue weighted by atomic mass is 16.3. The first-order valence-corrected chi connectivity index (χ1v) is 9.51. The Morgan fingerprint density at radius 2 is 2.25 bits per heavy atom. The van der Waals surface area contributed by atoms with Gasteiger partial charge in [0, 0.05) is 37.0 Å². The topological polar surface area (TPSA) is 84.2 Å². The zero-order valence-electron chi connectivity index (χ0n) is 15.8. The van der Waals surface area contributed by atoms with Crippen LogP contribution in [-0.2, 0) is 19.4 Å².